The Morgan fingerprint density at radius 2 is 2.10 bits per heavy atom. The van der Waals surface area contributed by atoms with Crippen LogP contribution in [0.4, 0.5) is 0 Å². The zero-order chi connectivity index (χ0) is 7.45. The van der Waals surface area contributed by atoms with Gasteiger partial charge in [-0.25, -0.2) is 0 Å². The van der Waals surface area contributed by atoms with Crippen molar-refractivity contribution in [3.63, 3.8) is 0 Å². The van der Waals surface area contributed by atoms with Gasteiger partial charge in [-0.2, -0.15) is 0 Å². The fourth-order valence-electron chi connectivity index (χ4n) is 1.17. The van der Waals surface area contributed by atoms with Crippen LogP contribution in [0.5, 0.6) is 0 Å². The smallest absolute Gasteiger partial charge is 0.0484 e. The van der Waals surface area contributed by atoms with E-state index in [1.165, 1.54) is 0 Å². The first-order valence-electron chi connectivity index (χ1n) is 3.54. The van der Waals surface area contributed by atoms with E-state index in [0.29, 0.717) is 0 Å². The minimum Gasteiger partial charge on any atom is -0.317 e. The van der Waals surface area contributed by atoms with Gasteiger partial charge in [-0.3, -0.25) is 0 Å². The van der Waals surface area contributed by atoms with E-state index in [4.69, 9.17) is 5.53 Å². The molecular formula is C6H12N4. The molecule has 0 spiro atoms. The number of hydrogen-bond acceptors (Lipinski definition) is 2. The molecule has 56 valence electrons. The molecule has 1 rings (SSSR count). The third-order valence-electron chi connectivity index (χ3n) is 1.97. The molecule has 1 N–H and O–H groups in total. The second kappa shape index (κ2) is 2.90. The van der Waals surface area contributed by atoms with Crippen LogP contribution in [0.25, 0.3) is 10.4 Å². The molecule has 0 aliphatic carbocycles. The highest BCUT2D eigenvalue weighted by Crippen LogP contribution is 2.21. The molecule has 4 nitrogen and oxygen atoms in total. The third-order valence-corrected chi connectivity index (χ3v) is 1.97. The van der Waals surface area contributed by atoms with Crippen LogP contribution >= 0.6 is 0 Å². The van der Waals surface area contributed by atoms with Gasteiger partial charge in [-0.05, 0) is 31.5 Å². The lowest BCUT2D eigenvalue weighted by molar-refractivity contribution is 0.337. The SMILES string of the molecule is CC1(N=[N+]=[N-])CCNCC1. The second-order valence-electron chi connectivity index (χ2n) is 2.94. The quantitative estimate of drug-likeness (QED) is 0.334. The molecule has 0 aromatic heterocycles. The van der Waals surface area contributed by atoms with E-state index in [2.05, 4.69) is 15.3 Å². The van der Waals surface area contributed by atoms with Crippen LogP contribution in [0.3, 0.4) is 0 Å². The fraction of sp³-hybridized carbons (Fsp3) is 1.00. The van der Waals surface area contributed by atoms with Crippen molar-refractivity contribution in [3.8, 4) is 0 Å². The summed E-state index contributed by atoms with van der Waals surface area (Å²) in [6.07, 6.45) is 1.91. The van der Waals surface area contributed by atoms with Gasteiger partial charge >= 0.3 is 0 Å². The summed E-state index contributed by atoms with van der Waals surface area (Å²) in [5.41, 5.74) is 8.10. The molecule has 4 heteroatoms. The van der Waals surface area contributed by atoms with Crippen molar-refractivity contribution in [1.82, 2.24) is 5.32 Å². The van der Waals surface area contributed by atoms with Crippen LogP contribution in [-0.4, -0.2) is 18.6 Å². The molecule has 1 heterocycles. The molecule has 0 bridgehead atoms. The summed E-state index contributed by atoms with van der Waals surface area (Å²) in [7, 11) is 0. The van der Waals surface area contributed by atoms with Gasteiger partial charge in [-0.15, -0.1) is 0 Å². The van der Waals surface area contributed by atoms with Crippen LogP contribution in [0.2, 0.25) is 0 Å². The molecule has 0 saturated carbocycles. The normalized spacial score (nSPS) is 23.3. The van der Waals surface area contributed by atoms with E-state index in [9.17, 15) is 0 Å². The summed E-state index contributed by atoms with van der Waals surface area (Å²) >= 11 is 0. The van der Waals surface area contributed by atoms with Crippen molar-refractivity contribution >= 4 is 0 Å². The molecule has 0 atom stereocenters. The highest BCUT2D eigenvalue weighted by molar-refractivity contribution is 4.87. The Labute approximate surface area is 60.2 Å². The summed E-state index contributed by atoms with van der Waals surface area (Å²) in [5.74, 6) is 0. The van der Waals surface area contributed by atoms with E-state index in [1.807, 2.05) is 6.92 Å². The predicted molar refractivity (Wildman–Crippen MR) is 39.7 cm³/mol. The molecule has 0 aromatic carbocycles. The van der Waals surface area contributed by atoms with Gasteiger partial charge in [0.25, 0.3) is 0 Å². The Hall–Kier alpha value is -0.730. The number of piperidine rings is 1. The first-order chi connectivity index (χ1) is 4.77. The van der Waals surface area contributed by atoms with Gasteiger partial charge in [0.2, 0.25) is 0 Å². The van der Waals surface area contributed by atoms with Crippen molar-refractivity contribution < 1.29 is 0 Å². The predicted octanol–water partition coefficient (Wildman–Crippen LogP) is 1.44. The maximum absolute atomic E-state index is 8.22. The first-order valence-corrected chi connectivity index (χ1v) is 3.54. The van der Waals surface area contributed by atoms with Crippen molar-refractivity contribution in [2.75, 3.05) is 13.1 Å². The summed E-state index contributed by atoms with van der Waals surface area (Å²) in [6.45, 7) is 3.94. The number of azide groups is 1. The molecule has 0 aromatic rings. The maximum atomic E-state index is 8.22. The molecule has 1 fully saturated rings. The number of hydrogen-bond donors (Lipinski definition) is 1. The fourth-order valence-corrected chi connectivity index (χ4v) is 1.17. The van der Waals surface area contributed by atoms with Crippen LogP contribution in [0.1, 0.15) is 19.8 Å². The molecular weight excluding hydrogens is 128 g/mol. The topological polar surface area (TPSA) is 60.8 Å². The van der Waals surface area contributed by atoms with E-state index in [1.54, 1.807) is 0 Å². The molecule has 0 radical (unpaired) electrons. The average molecular weight is 140 g/mol. The second-order valence-corrected chi connectivity index (χ2v) is 2.94. The molecule has 0 amide bonds. The van der Waals surface area contributed by atoms with Crippen molar-refractivity contribution in [1.29, 1.82) is 0 Å². The first kappa shape index (κ1) is 7.38. The molecule has 0 unspecified atom stereocenters. The summed E-state index contributed by atoms with van der Waals surface area (Å²) in [5, 5.41) is 6.97. The Kier molecular flexibility index (Phi) is 2.14. The van der Waals surface area contributed by atoms with Crippen molar-refractivity contribution in [2.24, 2.45) is 5.11 Å². The molecule has 1 aliphatic heterocycles. The lowest BCUT2D eigenvalue weighted by atomic mass is 9.92. The van der Waals surface area contributed by atoms with Crippen molar-refractivity contribution in [3.05, 3.63) is 10.4 Å². The minimum absolute atomic E-state index is 0.125. The zero-order valence-corrected chi connectivity index (χ0v) is 6.17. The van der Waals surface area contributed by atoms with Gasteiger partial charge in [0, 0.05) is 10.5 Å². The largest absolute Gasteiger partial charge is 0.317 e. The van der Waals surface area contributed by atoms with E-state index < -0.39 is 0 Å². The van der Waals surface area contributed by atoms with Crippen molar-refractivity contribution in [2.45, 2.75) is 25.3 Å². The Bertz CT molecular complexity index is 153. The van der Waals surface area contributed by atoms with Crippen LogP contribution in [0.15, 0.2) is 5.11 Å². The maximum Gasteiger partial charge on any atom is 0.0484 e. The lowest BCUT2D eigenvalue weighted by Crippen LogP contribution is -2.37. The van der Waals surface area contributed by atoms with Crippen LogP contribution in [-0.2, 0) is 0 Å². The molecule has 1 aliphatic rings. The van der Waals surface area contributed by atoms with Gasteiger partial charge in [0.1, 0.15) is 0 Å². The van der Waals surface area contributed by atoms with E-state index in [-0.39, 0.29) is 5.54 Å². The Morgan fingerprint density at radius 3 is 2.60 bits per heavy atom. The number of nitrogens with zero attached hydrogens (tertiary/aromatic N) is 3. The monoisotopic (exact) mass is 140 g/mol. The van der Waals surface area contributed by atoms with Crippen LogP contribution < -0.4 is 5.32 Å². The van der Waals surface area contributed by atoms with Gasteiger partial charge < -0.3 is 5.32 Å². The Morgan fingerprint density at radius 1 is 1.50 bits per heavy atom. The standard InChI is InChI=1S/C6H12N4/c1-6(9-10-7)2-4-8-5-3-6/h8H,2-5H2,1H3. The van der Waals surface area contributed by atoms with E-state index >= 15 is 0 Å². The van der Waals surface area contributed by atoms with E-state index in [0.717, 1.165) is 25.9 Å². The minimum atomic E-state index is -0.125. The summed E-state index contributed by atoms with van der Waals surface area (Å²) in [4.78, 5) is 2.83. The molecule has 1 saturated heterocycles. The highest BCUT2D eigenvalue weighted by atomic mass is 15.2. The number of rotatable bonds is 1. The average Bonchev–Trinajstić information content (AvgIpc) is 1.89. The third kappa shape index (κ3) is 1.62. The zero-order valence-electron chi connectivity index (χ0n) is 6.17. The molecule has 10 heavy (non-hydrogen) atoms. The Balaban J connectivity index is 2.56. The number of nitrogens with one attached hydrogen (secondary N) is 1. The summed E-state index contributed by atoms with van der Waals surface area (Å²) in [6, 6.07) is 0. The lowest BCUT2D eigenvalue weighted by Gasteiger charge is -2.28. The summed E-state index contributed by atoms with van der Waals surface area (Å²) < 4.78 is 0. The highest BCUT2D eigenvalue weighted by Gasteiger charge is 2.24. The van der Waals surface area contributed by atoms with Crippen LogP contribution in [0, 0.1) is 0 Å². The van der Waals surface area contributed by atoms with Gasteiger partial charge in [0.15, 0.2) is 0 Å². The van der Waals surface area contributed by atoms with Gasteiger partial charge in [-0.1, -0.05) is 12.0 Å². The van der Waals surface area contributed by atoms with Gasteiger partial charge in [0.05, 0.1) is 0 Å².